The van der Waals surface area contributed by atoms with Gasteiger partial charge in [0.15, 0.2) is 5.56 Å². The third-order valence-corrected chi connectivity index (χ3v) is 2.94. The van der Waals surface area contributed by atoms with E-state index in [1.165, 1.54) is 6.07 Å². The number of benzene rings is 1. The second kappa shape index (κ2) is 7.88. The van der Waals surface area contributed by atoms with Gasteiger partial charge < -0.3 is 9.30 Å². The molecule has 0 aliphatic rings. The summed E-state index contributed by atoms with van der Waals surface area (Å²) in [5, 5.41) is 0. The molecule has 5 heteroatoms. The van der Waals surface area contributed by atoms with Crippen LogP contribution in [0, 0.1) is 6.07 Å². The van der Waals surface area contributed by atoms with Crippen LogP contribution in [0.15, 0.2) is 41.2 Å². The minimum Gasteiger partial charge on any atom is -0.483 e. The molecule has 2 rings (SSSR count). The van der Waals surface area contributed by atoms with Gasteiger partial charge in [0, 0.05) is 39.8 Å². The Balaban J connectivity index is 0.00000180. The molecule has 19 heavy (non-hydrogen) atoms. The first-order valence-corrected chi connectivity index (χ1v) is 6.91. The van der Waals surface area contributed by atoms with E-state index in [2.05, 4.69) is 6.07 Å². The van der Waals surface area contributed by atoms with Gasteiger partial charge in [-0.2, -0.15) is 12.1 Å². The van der Waals surface area contributed by atoms with E-state index in [-0.39, 0.29) is 38.3 Å². The van der Waals surface area contributed by atoms with Crippen LogP contribution in [0.3, 0.4) is 0 Å². The summed E-state index contributed by atoms with van der Waals surface area (Å²) in [6, 6.07) is 13.9. The Bertz CT molecular complexity index is 581. The normalized spacial score (nSPS) is 9.79. The first-order valence-electron chi connectivity index (χ1n) is 5.52. The van der Waals surface area contributed by atoms with Crippen LogP contribution < -0.4 is 10.3 Å². The maximum atomic E-state index is 11.5. The van der Waals surface area contributed by atoms with Gasteiger partial charge in [-0.3, -0.25) is 4.79 Å². The Hall–Kier alpha value is -0.576. The third kappa shape index (κ3) is 4.20. The number of ether oxygens (including phenoxy) is 1. The van der Waals surface area contributed by atoms with Crippen molar-refractivity contribution >= 4 is 11.8 Å². The topological polar surface area (TPSA) is 31.2 Å². The van der Waals surface area contributed by atoms with Gasteiger partial charge in [0.2, 0.25) is 0 Å². The predicted octanol–water partition coefficient (Wildman–Crippen LogP) is 2.55. The van der Waals surface area contributed by atoms with E-state index in [1.807, 2.05) is 30.5 Å². The molecule has 1 radical (unpaired) electrons. The molecule has 1 aromatic heterocycles. The fourth-order valence-electron chi connectivity index (χ4n) is 1.62. The van der Waals surface area contributed by atoms with E-state index in [1.54, 1.807) is 29.4 Å². The number of rotatable bonds is 4. The molecule has 1 aromatic carbocycles. The standard InChI is InChI=1S/C14H14NO2S.Y/c1-15-13(4-3-5-14(15)16)11-6-8-12(9-7-11)17-10-18-2;/h3,5-9H,10H2,1-2H3;/q-1;. The zero-order valence-corrected chi connectivity index (χ0v) is 14.6. The van der Waals surface area contributed by atoms with Gasteiger partial charge in [-0.25, -0.2) is 0 Å². The number of hydrogen-bond donors (Lipinski definition) is 0. The molecule has 0 atom stereocenters. The molecule has 0 saturated carbocycles. The van der Waals surface area contributed by atoms with Crippen LogP contribution in [0.5, 0.6) is 5.75 Å². The summed E-state index contributed by atoms with van der Waals surface area (Å²) in [6.07, 6.45) is 1.99. The van der Waals surface area contributed by atoms with Crippen molar-refractivity contribution in [1.29, 1.82) is 0 Å². The van der Waals surface area contributed by atoms with E-state index >= 15 is 0 Å². The van der Waals surface area contributed by atoms with Crippen LogP contribution in [-0.4, -0.2) is 16.8 Å². The van der Waals surface area contributed by atoms with Crippen molar-refractivity contribution in [2.45, 2.75) is 0 Å². The summed E-state index contributed by atoms with van der Waals surface area (Å²) in [5.41, 5.74) is 1.69. The van der Waals surface area contributed by atoms with Crippen LogP contribution >= 0.6 is 11.8 Å². The third-order valence-electron chi connectivity index (χ3n) is 2.58. The number of aromatic nitrogens is 1. The van der Waals surface area contributed by atoms with E-state index in [9.17, 15) is 4.79 Å². The Morgan fingerprint density at radius 3 is 2.58 bits per heavy atom. The molecule has 0 aliphatic carbocycles. The first-order chi connectivity index (χ1) is 8.72. The number of pyridine rings is 1. The number of nitrogens with zero attached hydrogens (tertiary/aromatic N) is 1. The molecule has 97 valence electrons. The van der Waals surface area contributed by atoms with Crippen LogP contribution in [0.4, 0.5) is 0 Å². The molecule has 1 heterocycles. The maximum absolute atomic E-state index is 11.5. The van der Waals surface area contributed by atoms with Crippen molar-refractivity contribution < 1.29 is 37.4 Å². The van der Waals surface area contributed by atoms with Crippen molar-refractivity contribution in [3.05, 3.63) is 52.8 Å². The monoisotopic (exact) mass is 349 g/mol. The van der Waals surface area contributed by atoms with Crippen LogP contribution in [0.2, 0.25) is 0 Å². The Morgan fingerprint density at radius 2 is 1.95 bits per heavy atom. The van der Waals surface area contributed by atoms with Gasteiger partial charge in [-0.05, 0) is 18.4 Å². The minimum atomic E-state index is -0.0357. The van der Waals surface area contributed by atoms with Crippen molar-refractivity contribution in [2.24, 2.45) is 7.05 Å². The minimum absolute atomic E-state index is 0. The summed E-state index contributed by atoms with van der Waals surface area (Å²) in [7, 11) is 1.74. The first kappa shape index (κ1) is 16.5. The fourth-order valence-corrected chi connectivity index (χ4v) is 1.88. The largest absolute Gasteiger partial charge is 0.483 e. The number of thioether (sulfide) groups is 1. The molecular formula is C14H14NO2SY-. The van der Waals surface area contributed by atoms with Gasteiger partial charge in [-0.15, -0.1) is 23.9 Å². The molecule has 0 spiro atoms. The molecule has 0 saturated heterocycles. The van der Waals surface area contributed by atoms with Crippen LogP contribution in [0.25, 0.3) is 11.3 Å². The molecule has 0 fully saturated rings. The van der Waals surface area contributed by atoms with Crippen LogP contribution in [0.1, 0.15) is 0 Å². The zero-order valence-electron chi connectivity index (χ0n) is 10.9. The van der Waals surface area contributed by atoms with E-state index in [4.69, 9.17) is 4.74 Å². The van der Waals surface area contributed by atoms with Crippen molar-refractivity contribution in [3.8, 4) is 17.0 Å². The number of hydrogen-bond acceptors (Lipinski definition) is 3. The predicted molar refractivity (Wildman–Crippen MR) is 75.0 cm³/mol. The zero-order chi connectivity index (χ0) is 13.0. The average molecular weight is 349 g/mol. The molecule has 3 nitrogen and oxygen atoms in total. The Kier molecular flexibility index (Phi) is 6.83. The fraction of sp³-hybridized carbons (Fsp3) is 0.214. The van der Waals surface area contributed by atoms with E-state index in [0.29, 0.717) is 5.94 Å². The Morgan fingerprint density at radius 1 is 1.26 bits per heavy atom. The van der Waals surface area contributed by atoms with E-state index in [0.717, 1.165) is 17.0 Å². The molecule has 0 unspecified atom stereocenters. The molecule has 0 amide bonds. The maximum Gasteiger partial charge on any atom is 0.194 e. The molecule has 0 aliphatic heterocycles. The second-order valence-corrected chi connectivity index (χ2v) is 4.61. The quantitative estimate of drug-likeness (QED) is 0.628. The summed E-state index contributed by atoms with van der Waals surface area (Å²) in [4.78, 5) is 11.5. The SMILES string of the molecule is CSCOc1ccc(-c2[c-]ccc(=O)n2C)cc1.[Y]. The van der Waals surface area contributed by atoms with Crippen molar-refractivity contribution in [1.82, 2.24) is 4.57 Å². The van der Waals surface area contributed by atoms with Crippen molar-refractivity contribution in [3.63, 3.8) is 0 Å². The smallest absolute Gasteiger partial charge is 0.194 e. The Labute approximate surface area is 142 Å². The summed E-state index contributed by atoms with van der Waals surface area (Å²) in [6.45, 7) is 0. The summed E-state index contributed by atoms with van der Waals surface area (Å²) < 4.78 is 7.07. The van der Waals surface area contributed by atoms with Gasteiger partial charge in [0.25, 0.3) is 0 Å². The average Bonchev–Trinajstić information content (AvgIpc) is 2.40. The second-order valence-electron chi connectivity index (χ2n) is 3.80. The van der Waals surface area contributed by atoms with Gasteiger partial charge in [-0.1, -0.05) is 17.3 Å². The summed E-state index contributed by atoms with van der Waals surface area (Å²) in [5.74, 6) is 1.46. The van der Waals surface area contributed by atoms with Gasteiger partial charge in [0.05, 0.1) is 0 Å². The summed E-state index contributed by atoms with van der Waals surface area (Å²) >= 11 is 1.63. The molecule has 0 bridgehead atoms. The molecular weight excluding hydrogens is 335 g/mol. The van der Waals surface area contributed by atoms with Crippen molar-refractivity contribution in [2.75, 3.05) is 12.2 Å². The van der Waals surface area contributed by atoms with Gasteiger partial charge in [0.1, 0.15) is 11.7 Å². The molecule has 0 N–H and O–H groups in total. The van der Waals surface area contributed by atoms with Gasteiger partial charge >= 0.3 is 0 Å². The van der Waals surface area contributed by atoms with Crippen LogP contribution in [-0.2, 0) is 39.8 Å². The molecule has 2 aromatic rings. The van der Waals surface area contributed by atoms with E-state index < -0.39 is 0 Å².